The fraction of sp³-hybridized carbons (Fsp3) is 0.250. The van der Waals surface area contributed by atoms with Crippen molar-refractivity contribution in [3.8, 4) is 0 Å². The molecule has 2 aromatic carbocycles. The van der Waals surface area contributed by atoms with Crippen molar-refractivity contribution < 1.29 is 9.59 Å². The van der Waals surface area contributed by atoms with Gasteiger partial charge in [-0.25, -0.2) is 0 Å². The third-order valence-corrected chi connectivity index (χ3v) is 9.63. The van der Waals surface area contributed by atoms with Crippen molar-refractivity contribution >= 4 is 30.0 Å². The molecule has 0 unspecified atom stereocenters. The van der Waals surface area contributed by atoms with E-state index in [1.807, 2.05) is 38.1 Å². The Morgan fingerprint density at radius 3 is 1.41 bits per heavy atom. The van der Waals surface area contributed by atoms with Gasteiger partial charge in [0.1, 0.15) is 8.07 Å². The summed E-state index contributed by atoms with van der Waals surface area (Å²) in [6, 6.07) is 22.7. The number of rotatable bonds is 10. The fourth-order valence-corrected chi connectivity index (χ4v) is 7.40. The van der Waals surface area contributed by atoms with Crippen molar-refractivity contribution in [3.63, 3.8) is 0 Å². The van der Waals surface area contributed by atoms with Crippen LogP contribution >= 0.6 is 0 Å². The topological polar surface area (TPSA) is 34.1 Å². The summed E-state index contributed by atoms with van der Waals surface area (Å²) >= 11 is 0. The van der Waals surface area contributed by atoms with E-state index >= 15 is 0 Å². The first-order chi connectivity index (χ1) is 13.1. The lowest BCUT2D eigenvalue weighted by Crippen LogP contribution is -2.57. The molecule has 0 atom stereocenters. The number of benzene rings is 2. The van der Waals surface area contributed by atoms with Crippen molar-refractivity contribution in [2.45, 2.75) is 38.8 Å². The van der Waals surface area contributed by atoms with E-state index in [4.69, 9.17) is 0 Å². The monoisotopic (exact) mass is 376 g/mol. The number of ketones is 2. The Morgan fingerprint density at radius 1 is 0.704 bits per heavy atom. The molecule has 0 fully saturated rings. The van der Waals surface area contributed by atoms with E-state index in [0.717, 1.165) is 12.1 Å². The zero-order chi connectivity index (χ0) is 19.5. The molecular formula is C24H28O2Si. The second kappa shape index (κ2) is 10.6. The third-order valence-electron chi connectivity index (χ3n) is 4.89. The molecule has 2 rings (SSSR count). The lowest BCUT2D eigenvalue weighted by Gasteiger charge is -2.31. The number of hydrogen-bond donors (Lipinski definition) is 0. The van der Waals surface area contributed by atoms with Gasteiger partial charge in [-0.1, -0.05) is 97.0 Å². The second-order valence-electron chi connectivity index (χ2n) is 6.67. The number of carbonyl (C=O) groups is 2. The van der Waals surface area contributed by atoms with Gasteiger partial charge in [-0.05, 0) is 24.2 Å². The van der Waals surface area contributed by atoms with Crippen LogP contribution in [0.25, 0.3) is 0 Å². The van der Waals surface area contributed by atoms with Gasteiger partial charge in [0.05, 0.1) is 0 Å². The van der Waals surface area contributed by atoms with Crippen LogP contribution in [-0.4, -0.2) is 19.6 Å². The first-order valence-electron chi connectivity index (χ1n) is 9.62. The standard InChI is InChI=1S/C24H28O2Si/c1-3-21(25)13-11-19-27(20-12-14-22(26)4-2,23-15-7-5-8-16-23)24-17-9-6-10-18-24/h5-18H,3-4,19-20H2,1-2H3/b13-11+,14-12+. The zero-order valence-electron chi connectivity index (χ0n) is 16.2. The summed E-state index contributed by atoms with van der Waals surface area (Å²) in [4.78, 5) is 23.6. The lowest BCUT2D eigenvalue weighted by molar-refractivity contribution is -0.115. The van der Waals surface area contributed by atoms with Gasteiger partial charge in [-0.3, -0.25) is 9.59 Å². The molecule has 2 nitrogen and oxygen atoms in total. The van der Waals surface area contributed by atoms with E-state index in [-0.39, 0.29) is 11.6 Å². The summed E-state index contributed by atoms with van der Waals surface area (Å²) < 4.78 is 0. The minimum atomic E-state index is -2.18. The predicted octanol–water partition coefficient (Wildman–Crippen LogP) is 4.32. The first kappa shape index (κ1) is 20.8. The summed E-state index contributed by atoms with van der Waals surface area (Å²) in [5.41, 5.74) is 0. The van der Waals surface area contributed by atoms with Crippen LogP contribution in [0.2, 0.25) is 12.1 Å². The highest BCUT2D eigenvalue weighted by Crippen LogP contribution is 2.19. The SMILES string of the molecule is CCC(=O)/C=C/C[Si](C/C=C/C(=O)CC)(c1ccccc1)c1ccccc1. The summed E-state index contributed by atoms with van der Waals surface area (Å²) in [6.45, 7) is 3.76. The van der Waals surface area contributed by atoms with Crippen LogP contribution in [-0.2, 0) is 9.59 Å². The van der Waals surface area contributed by atoms with Gasteiger partial charge >= 0.3 is 0 Å². The molecule has 0 amide bonds. The largest absolute Gasteiger partial charge is 0.295 e. The van der Waals surface area contributed by atoms with Gasteiger partial charge < -0.3 is 0 Å². The van der Waals surface area contributed by atoms with Crippen LogP contribution in [0, 0.1) is 0 Å². The van der Waals surface area contributed by atoms with Gasteiger partial charge in [0.25, 0.3) is 0 Å². The molecule has 0 radical (unpaired) electrons. The Labute approximate surface area is 163 Å². The van der Waals surface area contributed by atoms with Crippen LogP contribution in [0.15, 0.2) is 85.0 Å². The van der Waals surface area contributed by atoms with E-state index < -0.39 is 8.07 Å². The number of carbonyl (C=O) groups excluding carboxylic acids is 2. The highest BCUT2D eigenvalue weighted by Gasteiger charge is 2.34. The molecule has 27 heavy (non-hydrogen) atoms. The van der Waals surface area contributed by atoms with Crippen LogP contribution in [0.3, 0.4) is 0 Å². The Balaban J connectivity index is 2.50. The van der Waals surface area contributed by atoms with Crippen LogP contribution in [0.1, 0.15) is 26.7 Å². The average molecular weight is 377 g/mol. The van der Waals surface area contributed by atoms with E-state index in [1.165, 1.54) is 10.4 Å². The Morgan fingerprint density at radius 2 is 1.07 bits per heavy atom. The molecular weight excluding hydrogens is 348 g/mol. The molecule has 0 aliphatic carbocycles. The predicted molar refractivity (Wildman–Crippen MR) is 116 cm³/mol. The maximum absolute atomic E-state index is 11.8. The van der Waals surface area contributed by atoms with Crippen LogP contribution < -0.4 is 10.4 Å². The van der Waals surface area contributed by atoms with E-state index in [1.54, 1.807) is 12.2 Å². The number of allylic oxidation sites excluding steroid dienone is 4. The van der Waals surface area contributed by atoms with Gasteiger partial charge in [0.15, 0.2) is 11.6 Å². The summed E-state index contributed by atoms with van der Waals surface area (Å²) in [5.74, 6) is 0.298. The Kier molecular flexibility index (Phi) is 8.15. The lowest BCUT2D eigenvalue weighted by atomic mass is 10.3. The highest BCUT2D eigenvalue weighted by molar-refractivity contribution is 7.02. The first-order valence-corrected chi connectivity index (χ1v) is 12.0. The van der Waals surface area contributed by atoms with Crippen LogP contribution in [0.4, 0.5) is 0 Å². The fourth-order valence-electron chi connectivity index (χ4n) is 3.25. The molecule has 3 heteroatoms. The quantitative estimate of drug-likeness (QED) is 0.457. The molecule has 0 N–H and O–H groups in total. The minimum Gasteiger partial charge on any atom is -0.295 e. The molecule has 0 aliphatic rings. The van der Waals surface area contributed by atoms with Gasteiger partial charge in [-0.15, -0.1) is 0 Å². The molecule has 0 heterocycles. The molecule has 0 bridgehead atoms. The van der Waals surface area contributed by atoms with Crippen molar-refractivity contribution in [2.75, 3.05) is 0 Å². The molecule has 0 saturated heterocycles. The van der Waals surface area contributed by atoms with Crippen molar-refractivity contribution in [1.29, 1.82) is 0 Å². The maximum Gasteiger partial charge on any atom is 0.155 e. The molecule has 2 aromatic rings. The van der Waals surface area contributed by atoms with Gasteiger partial charge in [-0.2, -0.15) is 0 Å². The van der Waals surface area contributed by atoms with Crippen LogP contribution in [0.5, 0.6) is 0 Å². The molecule has 0 saturated carbocycles. The molecule has 0 aliphatic heterocycles. The average Bonchev–Trinajstić information content (AvgIpc) is 2.73. The summed E-state index contributed by atoms with van der Waals surface area (Å²) in [5, 5.41) is 2.64. The second-order valence-corrected chi connectivity index (χ2v) is 10.8. The Hall–Kier alpha value is -2.52. The highest BCUT2D eigenvalue weighted by atomic mass is 28.3. The van der Waals surface area contributed by atoms with Gasteiger partial charge in [0, 0.05) is 12.8 Å². The molecule has 0 spiro atoms. The summed E-state index contributed by atoms with van der Waals surface area (Å²) in [6.07, 6.45) is 8.55. The zero-order valence-corrected chi connectivity index (χ0v) is 17.2. The van der Waals surface area contributed by atoms with E-state index in [9.17, 15) is 9.59 Å². The summed E-state index contributed by atoms with van der Waals surface area (Å²) in [7, 11) is -2.18. The minimum absolute atomic E-state index is 0.149. The van der Waals surface area contributed by atoms with Gasteiger partial charge in [0.2, 0.25) is 0 Å². The van der Waals surface area contributed by atoms with Crippen molar-refractivity contribution in [1.82, 2.24) is 0 Å². The Bertz CT molecular complexity index is 722. The number of hydrogen-bond acceptors (Lipinski definition) is 2. The maximum atomic E-state index is 11.8. The van der Waals surface area contributed by atoms with Crippen molar-refractivity contribution in [3.05, 3.63) is 85.0 Å². The van der Waals surface area contributed by atoms with E-state index in [2.05, 4.69) is 48.5 Å². The van der Waals surface area contributed by atoms with Crippen molar-refractivity contribution in [2.24, 2.45) is 0 Å². The third kappa shape index (κ3) is 5.73. The molecule has 140 valence electrons. The normalized spacial score (nSPS) is 11.9. The van der Waals surface area contributed by atoms with E-state index in [0.29, 0.717) is 12.8 Å². The smallest absolute Gasteiger partial charge is 0.155 e. The molecule has 0 aromatic heterocycles.